The minimum Gasteiger partial charge on any atom is -0.294 e. The molecule has 0 radical (unpaired) electrons. The first-order valence-electron chi connectivity index (χ1n) is 4.95. The molecule has 2 rings (SSSR count). The van der Waals surface area contributed by atoms with Crippen LogP contribution in [0.3, 0.4) is 0 Å². The van der Waals surface area contributed by atoms with Gasteiger partial charge in [0.15, 0.2) is 5.78 Å². The lowest BCUT2D eigenvalue weighted by atomic mass is 9.97. The standard InChI is InChI=1S/C13H14O/c1-9(2)13(14)12-7-10-5-3-4-6-11(10)8-12/h3-6,12H,1,7-8H2,2H3. The number of ketones is 1. The molecule has 0 amide bonds. The molecule has 72 valence electrons. The summed E-state index contributed by atoms with van der Waals surface area (Å²) in [6.45, 7) is 5.51. The first-order valence-corrected chi connectivity index (χ1v) is 4.95. The zero-order valence-corrected chi connectivity index (χ0v) is 8.42. The van der Waals surface area contributed by atoms with Gasteiger partial charge in [0.2, 0.25) is 0 Å². The minimum absolute atomic E-state index is 0.143. The van der Waals surface area contributed by atoms with Gasteiger partial charge in [0.25, 0.3) is 0 Å². The zero-order valence-electron chi connectivity index (χ0n) is 8.42. The zero-order chi connectivity index (χ0) is 10.1. The van der Waals surface area contributed by atoms with Crippen LogP contribution >= 0.6 is 0 Å². The number of benzene rings is 1. The molecule has 0 N–H and O–H groups in total. The van der Waals surface area contributed by atoms with Crippen molar-refractivity contribution >= 4 is 5.78 Å². The molecule has 0 bridgehead atoms. The van der Waals surface area contributed by atoms with Crippen LogP contribution in [-0.2, 0) is 17.6 Å². The highest BCUT2D eigenvalue weighted by Gasteiger charge is 2.26. The summed E-state index contributed by atoms with van der Waals surface area (Å²) in [5.74, 6) is 0.367. The molecule has 1 aliphatic carbocycles. The van der Waals surface area contributed by atoms with Gasteiger partial charge in [-0.25, -0.2) is 0 Å². The van der Waals surface area contributed by atoms with E-state index in [1.807, 2.05) is 12.1 Å². The second-order valence-electron chi connectivity index (χ2n) is 4.02. The van der Waals surface area contributed by atoms with E-state index in [1.165, 1.54) is 11.1 Å². The lowest BCUT2D eigenvalue weighted by molar-refractivity contribution is -0.118. The van der Waals surface area contributed by atoms with E-state index in [4.69, 9.17) is 0 Å². The van der Waals surface area contributed by atoms with Crippen LogP contribution in [0.4, 0.5) is 0 Å². The summed E-state index contributed by atoms with van der Waals surface area (Å²) >= 11 is 0. The Kier molecular flexibility index (Phi) is 2.24. The number of rotatable bonds is 2. The third-order valence-electron chi connectivity index (χ3n) is 2.84. The van der Waals surface area contributed by atoms with Gasteiger partial charge in [-0.1, -0.05) is 30.8 Å². The average molecular weight is 186 g/mol. The fourth-order valence-electron chi connectivity index (χ4n) is 2.09. The fraction of sp³-hybridized carbons (Fsp3) is 0.308. The second-order valence-corrected chi connectivity index (χ2v) is 4.02. The molecule has 0 unspecified atom stereocenters. The Labute approximate surface area is 84.5 Å². The second kappa shape index (κ2) is 3.41. The Morgan fingerprint density at radius 3 is 2.21 bits per heavy atom. The highest BCUT2D eigenvalue weighted by molar-refractivity contribution is 5.96. The maximum Gasteiger partial charge on any atom is 0.161 e. The molecule has 1 aromatic carbocycles. The average Bonchev–Trinajstić information content (AvgIpc) is 2.59. The van der Waals surface area contributed by atoms with Crippen molar-refractivity contribution in [2.75, 3.05) is 0 Å². The summed E-state index contributed by atoms with van der Waals surface area (Å²) in [6, 6.07) is 8.29. The fourth-order valence-corrected chi connectivity index (χ4v) is 2.09. The summed E-state index contributed by atoms with van der Waals surface area (Å²) in [4.78, 5) is 11.7. The topological polar surface area (TPSA) is 17.1 Å². The third-order valence-corrected chi connectivity index (χ3v) is 2.84. The van der Waals surface area contributed by atoms with Gasteiger partial charge in [-0.15, -0.1) is 0 Å². The molecule has 14 heavy (non-hydrogen) atoms. The Morgan fingerprint density at radius 2 is 1.79 bits per heavy atom. The Hall–Kier alpha value is -1.37. The van der Waals surface area contributed by atoms with Crippen molar-refractivity contribution in [2.24, 2.45) is 5.92 Å². The van der Waals surface area contributed by atoms with Crippen LogP contribution in [0.5, 0.6) is 0 Å². The molecule has 0 aliphatic heterocycles. The molecular formula is C13H14O. The Balaban J connectivity index is 2.20. The first kappa shape index (κ1) is 9.20. The van der Waals surface area contributed by atoms with Crippen LogP contribution in [0, 0.1) is 5.92 Å². The van der Waals surface area contributed by atoms with Crippen molar-refractivity contribution in [2.45, 2.75) is 19.8 Å². The molecule has 0 aromatic heterocycles. The van der Waals surface area contributed by atoms with E-state index in [0.29, 0.717) is 5.57 Å². The van der Waals surface area contributed by atoms with Gasteiger partial charge < -0.3 is 0 Å². The normalized spacial score (nSPS) is 15.2. The van der Waals surface area contributed by atoms with Crippen LogP contribution < -0.4 is 0 Å². The molecule has 0 saturated carbocycles. The summed E-state index contributed by atoms with van der Waals surface area (Å²) in [5.41, 5.74) is 3.34. The van der Waals surface area contributed by atoms with Gasteiger partial charge >= 0.3 is 0 Å². The number of Topliss-reactive ketones (excluding diaryl/α,β-unsaturated/α-hetero) is 1. The number of hydrogen-bond donors (Lipinski definition) is 0. The maximum atomic E-state index is 11.7. The van der Waals surface area contributed by atoms with Crippen LogP contribution in [0.25, 0.3) is 0 Å². The summed E-state index contributed by atoms with van der Waals surface area (Å²) in [7, 11) is 0. The van der Waals surface area contributed by atoms with Crippen LogP contribution in [0.15, 0.2) is 36.4 Å². The van der Waals surface area contributed by atoms with E-state index < -0.39 is 0 Å². The number of carbonyl (C=O) groups excluding carboxylic acids is 1. The number of carbonyl (C=O) groups is 1. The third kappa shape index (κ3) is 1.50. The van der Waals surface area contributed by atoms with E-state index in [-0.39, 0.29) is 11.7 Å². The summed E-state index contributed by atoms with van der Waals surface area (Å²) in [5, 5.41) is 0. The molecule has 1 heteroatoms. The van der Waals surface area contributed by atoms with Crippen molar-refractivity contribution in [3.63, 3.8) is 0 Å². The van der Waals surface area contributed by atoms with Gasteiger partial charge in [-0.2, -0.15) is 0 Å². The Morgan fingerprint density at radius 1 is 1.29 bits per heavy atom. The van der Waals surface area contributed by atoms with E-state index in [0.717, 1.165) is 12.8 Å². The van der Waals surface area contributed by atoms with Crippen LogP contribution in [0.1, 0.15) is 18.1 Å². The Bertz CT molecular complexity index is 365. The quantitative estimate of drug-likeness (QED) is 0.649. The number of allylic oxidation sites excluding steroid dienone is 1. The van der Waals surface area contributed by atoms with Crippen LogP contribution in [0.2, 0.25) is 0 Å². The van der Waals surface area contributed by atoms with Gasteiger partial charge in [-0.05, 0) is 36.5 Å². The highest BCUT2D eigenvalue weighted by atomic mass is 16.1. The van der Waals surface area contributed by atoms with Crippen molar-refractivity contribution in [3.8, 4) is 0 Å². The molecule has 1 aromatic rings. The molecule has 0 spiro atoms. The monoisotopic (exact) mass is 186 g/mol. The highest BCUT2D eigenvalue weighted by Crippen LogP contribution is 2.28. The molecule has 0 atom stereocenters. The maximum absolute atomic E-state index is 11.7. The summed E-state index contributed by atoms with van der Waals surface area (Å²) in [6.07, 6.45) is 1.78. The largest absolute Gasteiger partial charge is 0.294 e. The lowest BCUT2D eigenvalue weighted by Crippen LogP contribution is -2.14. The van der Waals surface area contributed by atoms with Crippen molar-refractivity contribution in [1.82, 2.24) is 0 Å². The van der Waals surface area contributed by atoms with E-state index >= 15 is 0 Å². The van der Waals surface area contributed by atoms with E-state index in [9.17, 15) is 4.79 Å². The van der Waals surface area contributed by atoms with Crippen molar-refractivity contribution in [3.05, 3.63) is 47.5 Å². The number of hydrogen-bond acceptors (Lipinski definition) is 1. The van der Waals surface area contributed by atoms with E-state index in [1.54, 1.807) is 6.92 Å². The summed E-state index contributed by atoms with van der Waals surface area (Å²) < 4.78 is 0. The van der Waals surface area contributed by atoms with Crippen LogP contribution in [-0.4, -0.2) is 5.78 Å². The molecular weight excluding hydrogens is 172 g/mol. The molecule has 1 nitrogen and oxygen atoms in total. The lowest BCUT2D eigenvalue weighted by Gasteiger charge is -2.06. The molecule has 0 fully saturated rings. The SMILES string of the molecule is C=C(C)C(=O)C1Cc2ccccc2C1. The molecule has 1 aliphatic rings. The van der Waals surface area contributed by atoms with Gasteiger partial charge in [-0.3, -0.25) is 4.79 Å². The van der Waals surface area contributed by atoms with Gasteiger partial charge in [0.05, 0.1) is 0 Å². The van der Waals surface area contributed by atoms with Gasteiger partial charge in [0, 0.05) is 5.92 Å². The molecule has 0 heterocycles. The predicted molar refractivity (Wildman–Crippen MR) is 57.2 cm³/mol. The predicted octanol–water partition coefficient (Wildman–Crippen LogP) is 2.55. The first-order chi connectivity index (χ1) is 6.68. The number of fused-ring (bicyclic) bond motifs is 1. The smallest absolute Gasteiger partial charge is 0.161 e. The van der Waals surface area contributed by atoms with Gasteiger partial charge in [0.1, 0.15) is 0 Å². The van der Waals surface area contributed by atoms with Crippen molar-refractivity contribution in [1.29, 1.82) is 0 Å². The van der Waals surface area contributed by atoms with Crippen molar-refractivity contribution < 1.29 is 4.79 Å². The van der Waals surface area contributed by atoms with E-state index in [2.05, 4.69) is 18.7 Å². The molecule has 0 saturated heterocycles. The minimum atomic E-state index is 0.143.